The maximum Gasteiger partial charge on any atom is 0.141 e. The van der Waals surface area contributed by atoms with Gasteiger partial charge in [0.05, 0.1) is 5.52 Å². The summed E-state index contributed by atoms with van der Waals surface area (Å²) in [6.07, 6.45) is 2.34. The first-order valence-electron chi connectivity index (χ1n) is 7.43. The second kappa shape index (κ2) is 6.02. The molecule has 2 nitrogen and oxygen atoms in total. The number of benzene rings is 2. The van der Waals surface area contributed by atoms with E-state index in [1.807, 2.05) is 0 Å². The van der Waals surface area contributed by atoms with Gasteiger partial charge in [0.1, 0.15) is 11.3 Å². The Hall–Kier alpha value is -1.61. The van der Waals surface area contributed by atoms with Crippen molar-refractivity contribution in [2.75, 3.05) is 0 Å². The van der Waals surface area contributed by atoms with E-state index in [0.29, 0.717) is 0 Å². The van der Waals surface area contributed by atoms with Gasteiger partial charge in [-0.05, 0) is 47.0 Å². The Morgan fingerprint density at radius 1 is 1.10 bits per heavy atom. The Morgan fingerprint density at radius 2 is 1.90 bits per heavy atom. The maximum atomic E-state index is 4.91. The number of hydrogen-bond donors (Lipinski definition) is 0. The van der Waals surface area contributed by atoms with Crippen LogP contribution >= 0.6 is 15.9 Å². The third-order valence-electron chi connectivity index (χ3n) is 3.85. The lowest BCUT2D eigenvalue weighted by atomic mass is 10.1. The number of para-hydroxylation sites is 1. The van der Waals surface area contributed by atoms with Crippen molar-refractivity contribution < 1.29 is 0 Å². The van der Waals surface area contributed by atoms with E-state index < -0.39 is 0 Å². The van der Waals surface area contributed by atoms with E-state index in [2.05, 4.69) is 76.8 Å². The van der Waals surface area contributed by atoms with Crippen molar-refractivity contribution in [2.24, 2.45) is 0 Å². The quantitative estimate of drug-likeness (QED) is 0.605. The fraction of sp³-hybridized carbons (Fsp3) is 0.278. The highest BCUT2D eigenvalue weighted by Crippen LogP contribution is 2.31. The smallest absolute Gasteiger partial charge is 0.141 e. The van der Waals surface area contributed by atoms with Gasteiger partial charge in [-0.2, -0.15) is 0 Å². The lowest BCUT2D eigenvalue weighted by Gasteiger charge is -2.10. The topological polar surface area (TPSA) is 17.8 Å². The van der Waals surface area contributed by atoms with Crippen molar-refractivity contribution in [1.82, 2.24) is 9.55 Å². The number of halogens is 1. The Balaban J connectivity index is 2.26. The molecule has 0 amide bonds. The molecule has 3 heteroatoms. The number of rotatable bonds is 4. The second-order valence-electron chi connectivity index (χ2n) is 5.36. The number of hydrogen-bond acceptors (Lipinski definition) is 1. The molecule has 3 rings (SSSR count). The lowest BCUT2D eigenvalue weighted by molar-refractivity contribution is 0.651. The molecule has 0 spiro atoms. The van der Waals surface area contributed by atoms with Crippen LogP contribution in [-0.2, 0) is 6.54 Å². The molecule has 1 heterocycles. The fourth-order valence-corrected chi connectivity index (χ4v) is 3.13. The van der Waals surface area contributed by atoms with Gasteiger partial charge in [-0.3, -0.25) is 0 Å². The Labute approximate surface area is 134 Å². The van der Waals surface area contributed by atoms with Gasteiger partial charge in [0.15, 0.2) is 0 Å². The molecule has 108 valence electrons. The Morgan fingerprint density at radius 3 is 2.67 bits per heavy atom. The van der Waals surface area contributed by atoms with Crippen LogP contribution in [0.2, 0.25) is 0 Å². The first-order chi connectivity index (χ1) is 10.2. The number of aryl methyl sites for hydroxylation is 2. The van der Waals surface area contributed by atoms with E-state index in [1.54, 1.807) is 0 Å². The summed E-state index contributed by atoms with van der Waals surface area (Å²) in [5.41, 5.74) is 4.74. The van der Waals surface area contributed by atoms with Crippen LogP contribution in [0.4, 0.5) is 0 Å². The summed E-state index contributed by atoms with van der Waals surface area (Å²) >= 11 is 3.63. The normalized spacial score (nSPS) is 11.2. The van der Waals surface area contributed by atoms with Gasteiger partial charge in [-0.25, -0.2) is 4.98 Å². The van der Waals surface area contributed by atoms with Crippen LogP contribution < -0.4 is 0 Å². The Kier molecular flexibility index (Phi) is 4.11. The SMILES string of the molecule is CCCCn1c(-c2ccccc2C)nc2c(Br)cccc21. The molecule has 0 aliphatic heterocycles. The lowest BCUT2D eigenvalue weighted by Crippen LogP contribution is -2.01. The highest BCUT2D eigenvalue weighted by atomic mass is 79.9. The summed E-state index contributed by atoms with van der Waals surface area (Å²) in [5.74, 6) is 1.07. The van der Waals surface area contributed by atoms with Gasteiger partial charge in [-0.1, -0.05) is 43.7 Å². The van der Waals surface area contributed by atoms with Crippen LogP contribution in [-0.4, -0.2) is 9.55 Å². The van der Waals surface area contributed by atoms with Gasteiger partial charge in [-0.15, -0.1) is 0 Å². The zero-order chi connectivity index (χ0) is 14.8. The predicted octanol–water partition coefficient (Wildman–Crippen LogP) is 5.57. The number of aromatic nitrogens is 2. The van der Waals surface area contributed by atoms with Crippen LogP contribution in [0, 0.1) is 6.92 Å². The van der Waals surface area contributed by atoms with Gasteiger partial charge < -0.3 is 4.57 Å². The average molecular weight is 343 g/mol. The monoisotopic (exact) mass is 342 g/mol. The molecule has 0 radical (unpaired) electrons. The minimum atomic E-state index is 1.01. The summed E-state index contributed by atoms with van der Waals surface area (Å²) in [4.78, 5) is 4.91. The molecule has 0 fully saturated rings. The zero-order valence-corrected chi connectivity index (χ0v) is 14.0. The largest absolute Gasteiger partial charge is 0.324 e. The molecule has 0 unspecified atom stereocenters. The van der Waals surface area contributed by atoms with Gasteiger partial charge >= 0.3 is 0 Å². The molecule has 0 saturated heterocycles. The van der Waals surface area contributed by atoms with Gasteiger partial charge in [0.25, 0.3) is 0 Å². The summed E-state index contributed by atoms with van der Waals surface area (Å²) < 4.78 is 3.41. The molecule has 3 aromatic rings. The summed E-state index contributed by atoms with van der Waals surface area (Å²) in [6, 6.07) is 14.8. The standard InChI is InChI=1S/C18H19BrN2/c1-3-4-12-21-16-11-7-10-15(19)17(16)20-18(21)14-9-6-5-8-13(14)2/h5-11H,3-4,12H2,1-2H3. The number of nitrogens with zero attached hydrogens (tertiary/aromatic N) is 2. The molecule has 1 aromatic heterocycles. The van der Waals surface area contributed by atoms with Crippen molar-refractivity contribution in [1.29, 1.82) is 0 Å². The summed E-state index contributed by atoms with van der Waals surface area (Å²) in [6.45, 7) is 5.38. The number of imidazole rings is 1. The molecule has 21 heavy (non-hydrogen) atoms. The Bertz CT molecular complexity index is 774. The summed E-state index contributed by atoms with van der Waals surface area (Å²) in [5, 5.41) is 0. The molecule has 0 aliphatic rings. The fourth-order valence-electron chi connectivity index (χ4n) is 2.68. The molecule has 0 saturated carbocycles. The average Bonchev–Trinajstić information content (AvgIpc) is 2.85. The molecule has 0 aliphatic carbocycles. The van der Waals surface area contributed by atoms with E-state index in [1.165, 1.54) is 23.1 Å². The van der Waals surface area contributed by atoms with Crippen LogP contribution in [0.25, 0.3) is 22.4 Å². The van der Waals surface area contributed by atoms with Crippen molar-refractivity contribution in [2.45, 2.75) is 33.2 Å². The third kappa shape index (κ3) is 2.62. The van der Waals surface area contributed by atoms with Crippen molar-refractivity contribution in [3.8, 4) is 11.4 Å². The first kappa shape index (κ1) is 14.3. The second-order valence-corrected chi connectivity index (χ2v) is 6.22. The van der Waals surface area contributed by atoms with E-state index in [4.69, 9.17) is 4.98 Å². The van der Waals surface area contributed by atoms with Gasteiger partial charge in [0, 0.05) is 16.6 Å². The molecular formula is C18H19BrN2. The van der Waals surface area contributed by atoms with Crippen LogP contribution in [0.1, 0.15) is 25.3 Å². The highest BCUT2D eigenvalue weighted by molar-refractivity contribution is 9.10. The van der Waals surface area contributed by atoms with E-state index in [9.17, 15) is 0 Å². The first-order valence-corrected chi connectivity index (χ1v) is 8.22. The van der Waals surface area contributed by atoms with E-state index >= 15 is 0 Å². The maximum absolute atomic E-state index is 4.91. The minimum absolute atomic E-state index is 1.01. The zero-order valence-electron chi connectivity index (χ0n) is 12.4. The van der Waals surface area contributed by atoms with Crippen LogP contribution in [0.15, 0.2) is 46.9 Å². The molecule has 0 atom stereocenters. The molecular weight excluding hydrogens is 324 g/mol. The van der Waals surface area contributed by atoms with Crippen LogP contribution in [0.5, 0.6) is 0 Å². The molecule has 0 N–H and O–H groups in total. The molecule has 0 bridgehead atoms. The van der Waals surface area contributed by atoms with Crippen molar-refractivity contribution in [3.63, 3.8) is 0 Å². The predicted molar refractivity (Wildman–Crippen MR) is 92.5 cm³/mol. The number of unbranched alkanes of at least 4 members (excludes halogenated alkanes) is 1. The van der Waals surface area contributed by atoms with Crippen molar-refractivity contribution >= 4 is 27.0 Å². The van der Waals surface area contributed by atoms with E-state index in [-0.39, 0.29) is 0 Å². The third-order valence-corrected chi connectivity index (χ3v) is 4.49. The van der Waals surface area contributed by atoms with Crippen molar-refractivity contribution in [3.05, 3.63) is 52.5 Å². The summed E-state index contributed by atoms with van der Waals surface area (Å²) in [7, 11) is 0. The minimum Gasteiger partial charge on any atom is -0.324 e. The van der Waals surface area contributed by atoms with Gasteiger partial charge in [0.2, 0.25) is 0 Å². The van der Waals surface area contributed by atoms with Crippen LogP contribution in [0.3, 0.4) is 0 Å². The molecule has 2 aromatic carbocycles. The number of fused-ring (bicyclic) bond motifs is 1. The highest BCUT2D eigenvalue weighted by Gasteiger charge is 2.15. The van der Waals surface area contributed by atoms with E-state index in [0.717, 1.165) is 28.8 Å².